The van der Waals surface area contributed by atoms with Gasteiger partial charge in [-0.3, -0.25) is 9.97 Å². The van der Waals surface area contributed by atoms with E-state index in [0.29, 0.717) is 5.03 Å². The van der Waals surface area contributed by atoms with E-state index in [1.165, 1.54) is 27.1 Å². The number of hydrogen-bond donors (Lipinski definition) is 1. The smallest absolute Gasteiger partial charge is 0.449 e. The normalized spacial score (nSPS) is 10.7. The second-order valence-electron chi connectivity index (χ2n) is 6.08. The van der Waals surface area contributed by atoms with E-state index in [1.54, 1.807) is 42.5 Å². The molecule has 6 nitrogen and oxygen atoms in total. The molecule has 0 atom stereocenters. The van der Waals surface area contributed by atoms with Crippen LogP contribution in [0.4, 0.5) is 4.79 Å². The fraction of sp³-hybridized carbons (Fsp3) is 0.238. The van der Waals surface area contributed by atoms with Crippen LogP contribution in [0.2, 0.25) is 0 Å². The molecule has 1 N–H and O–H groups in total. The van der Waals surface area contributed by atoms with Crippen LogP contribution in [0.15, 0.2) is 69.9 Å². The summed E-state index contributed by atoms with van der Waals surface area (Å²) in [5.41, 5.74) is 2.32. The van der Waals surface area contributed by atoms with E-state index >= 15 is 0 Å². The highest BCUT2D eigenvalue weighted by Gasteiger charge is 2.10. The monoisotopic (exact) mass is 459 g/mol. The average molecular weight is 460 g/mol. The van der Waals surface area contributed by atoms with Crippen molar-refractivity contribution in [1.29, 1.82) is 0 Å². The Labute approximate surface area is 188 Å². The summed E-state index contributed by atoms with van der Waals surface area (Å²) in [4.78, 5) is 26.0. The van der Waals surface area contributed by atoms with Crippen LogP contribution >= 0.6 is 35.3 Å². The van der Waals surface area contributed by atoms with Gasteiger partial charge in [-0.25, -0.2) is 9.78 Å². The van der Waals surface area contributed by atoms with Crippen molar-refractivity contribution in [2.45, 2.75) is 33.9 Å². The zero-order chi connectivity index (χ0) is 21.2. The van der Waals surface area contributed by atoms with Crippen molar-refractivity contribution in [3.05, 3.63) is 66.4 Å². The van der Waals surface area contributed by atoms with Crippen LogP contribution in [0.3, 0.4) is 0 Å². The average Bonchev–Trinajstić information content (AvgIpc) is 2.75. The molecule has 30 heavy (non-hydrogen) atoms. The van der Waals surface area contributed by atoms with Gasteiger partial charge < -0.3 is 9.84 Å². The fourth-order valence-electron chi connectivity index (χ4n) is 2.51. The number of thioether (sulfide) groups is 3. The number of pyridine rings is 3. The van der Waals surface area contributed by atoms with Gasteiger partial charge in [-0.2, -0.15) is 0 Å². The minimum atomic E-state index is -1.33. The number of carbonyl (C=O) groups is 1. The largest absolute Gasteiger partial charge is 0.511 e. The summed E-state index contributed by atoms with van der Waals surface area (Å²) in [6, 6.07) is 9.35. The number of rotatable bonds is 10. The lowest BCUT2D eigenvalue weighted by atomic mass is 10.2. The fourth-order valence-corrected chi connectivity index (χ4v) is 5.47. The van der Waals surface area contributed by atoms with Gasteiger partial charge in [0.15, 0.2) is 5.75 Å². The van der Waals surface area contributed by atoms with Crippen LogP contribution in [-0.4, -0.2) is 37.7 Å². The van der Waals surface area contributed by atoms with Crippen molar-refractivity contribution < 1.29 is 14.6 Å². The van der Waals surface area contributed by atoms with Gasteiger partial charge in [0.2, 0.25) is 0 Å². The summed E-state index contributed by atoms with van der Waals surface area (Å²) in [6.45, 7) is 2.12. The first kappa shape index (κ1) is 22.5. The lowest BCUT2D eigenvalue weighted by molar-refractivity contribution is 0.143. The SMILES string of the molecule is Cc1c(SCCCSc2ncccc2OC(=O)O)ccnc1CSc1ccncc1. The summed E-state index contributed by atoms with van der Waals surface area (Å²) in [5.74, 6) is 2.89. The van der Waals surface area contributed by atoms with Crippen molar-refractivity contribution in [1.82, 2.24) is 15.0 Å². The summed E-state index contributed by atoms with van der Waals surface area (Å²) in [7, 11) is 0. The van der Waals surface area contributed by atoms with Crippen molar-refractivity contribution in [2.75, 3.05) is 11.5 Å². The molecule has 0 fully saturated rings. The summed E-state index contributed by atoms with van der Waals surface area (Å²) < 4.78 is 4.77. The number of ether oxygens (including phenoxy) is 1. The molecule has 0 aliphatic heterocycles. The quantitative estimate of drug-likeness (QED) is 0.229. The molecule has 0 amide bonds. The Bertz CT molecular complexity index is 974. The van der Waals surface area contributed by atoms with Gasteiger partial charge in [-0.1, -0.05) is 0 Å². The van der Waals surface area contributed by atoms with Gasteiger partial charge in [0.1, 0.15) is 5.03 Å². The third kappa shape index (κ3) is 6.93. The molecule has 0 saturated heterocycles. The molecule has 0 spiro atoms. The van der Waals surface area contributed by atoms with Crippen LogP contribution in [-0.2, 0) is 5.75 Å². The zero-order valence-corrected chi connectivity index (χ0v) is 18.8. The highest BCUT2D eigenvalue weighted by molar-refractivity contribution is 8.00. The van der Waals surface area contributed by atoms with Gasteiger partial charge in [0, 0.05) is 46.1 Å². The van der Waals surface area contributed by atoms with E-state index in [-0.39, 0.29) is 5.75 Å². The Morgan fingerprint density at radius 2 is 1.80 bits per heavy atom. The number of aromatic nitrogens is 3. The second kappa shape index (κ2) is 11.8. The Morgan fingerprint density at radius 3 is 2.60 bits per heavy atom. The molecule has 0 aromatic carbocycles. The third-order valence-electron chi connectivity index (χ3n) is 4.00. The lowest BCUT2D eigenvalue weighted by Crippen LogP contribution is -2.04. The molecule has 0 unspecified atom stereocenters. The Kier molecular flexibility index (Phi) is 8.85. The highest BCUT2D eigenvalue weighted by Crippen LogP contribution is 2.30. The van der Waals surface area contributed by atoms with E-state index in [4.69, 9.17) is 9.84 Å². The molecule has 0 bridgehead atoms. The topological polar surface area (TPSA) is 85.2 Å². The maximum absolute atomic E-state index is 10.8. The van der Waals surface area contributed by atoms with Crippen molar-refractivity contribution in [3.63, 3.8) is 0 Å². The van der Waals surface area contributed by atoms with Gasteiger partial charge >= 0.3 is 6.16 Å². The van der Waals surface area contributed by atoms with E-state index in [1.807, 2.05) is 30.1 Å². The molecular formula is C21H21N3O3S3. The molecule has 0 radical (unpaired) electrons. The molecule has 0 aliphatic rings. The van der Waals surface area contributed by atoms with E-state index in [2.05, 4.69) is 27.9 Å². The minimum Gasteiger partial charge on any atom is -0.449 e. The Morgan fingerprint density at radius 1 is 1.00 bits per heavy atom. The first-order chi connectivity index (χ1) is 14.6. The van der Waals surface area contributed by atoms with Crippen LogP contribution in [0, 0.1) is 6.92 Å². The highest BCUT2D eigenvalue weighted by atomic mass is 32.2. The maximum Gasteiger partial charge on any atom is 0.511 e. The summed E-state index contributed by atoms with van der Waals surface area (Å²) in [6.07, 6.45) is 6.74. The molecule has 3 aromatic rings. The van der Waals surface area contributed by atoms with Crippen molar-refractivity contribution in [2.24, 2.45) is 0 Å². The van der Waals surface area contributed by atoms with Crippen LogP contribution in [0.25, 0.3) is 0 Å². The summed E-state index contributed by atoms with van der Waals surface area (Å²) in [5, 5.41) is 9.40. The first-order valence-corrected chi connectivity index (χ1v) is 12.2. The van der Waals surface area contributed by atoms with Crippen LogP contribution in [0.1, 0.15) is 17.7 Å². The molecule has 0 aliphatic carbocycles. The Balaban J connectivity index is 1.47. The van der Waals surface area contributed by atoms with E-state index in [9.17, 15) is 4.79 Å². The van der Waals surface area contributed by atoms with Crippen LogP contribution < -0.4 is 4.74 Å². The van der Waals surface area contributed by atoms with Crippen LogP contribution in [0.5, 0.6) is 5.75 Å². The van der Waals surface area contributed by atoms with Crippen molar-refractivity contribution in [3.8, 4) is 5.75 Å². The maximum atomic E-state index is 10.8. The number of hydrogen-bond acceptors (Lipinski definition) is 8. The number of nitrogens with zero attached hydrogens (tertiary/aromatic N) is 3. The molecule has 0 saturated carbocycles. The predicted octanol–water partition coefficient (Wildman–Crippen LogP) is 5.80. The first-order valence-electron chi connectivity index (χ1n) is 9.22. The molecule has 9 heteroatoms. The van der Waals surface area contributed by atoms with E-state index in [0.717, 1.165) is 29.4 Å². The Hall–Kier alpha value is -2.23. The molecule has 3 aromatic heterocycles. The predicted molar refractivity (Wildman–Crippen MR) is 122 cm³/mol. The van der Waals surface area contributed by atoms with Gasteiger partial charge in [-0.15, -0.1) is 35.3 Å². The van der Waals surface area contributed by atoms with E-state index < -0.39 is 6.16 Å². The molecule has 3 heterocycles. The van der Waals surface area contributed by atoms with Gasteiger partial charge in [0.25, 0.3) is 0 Å². The molecule has 3 rings (SSSR count). The second-order valence-corrected chi connectivity index (χ2v) is 9.35. The third-order valence-corrected chi connectivity index (χ3v) is 7.34. The minimum absolute atomic E-state index is 0.281. The standard InChI is InChI=1S/C21H21N3O3S3/c1-15-17(14-30-16-5-9-22-10-6-16)23-11-7-19(15)28-12-3-13-29-20-18(27-21(25)26)4-2-8-24-20/h2,4-11H,3,12-14H2,1H3,(H,25,26). The molecule has 156 valence electrons. The number of carboxylic acid groups (broad SMARTS) is 1. The van der Waals surface area contributed by atoms with Crippen molar-refractivity contribution >= 4 is 41.4 Å². The summed E-state index contributed by atoms with van der Waals surface area (Å²) >= 11 is 5.07. The van der Waals surface area contributed by atoms with Gasteiger partial charge in [-0.05, 0) is 55.0 Å². The lowest BCUT2D eigenvalue weighted by Gasteiger charge is -2.10. The molecular weight excluding hydrogens is 438 g/mol. The zero-order valence-electron chi connectivity index (χ0n) is 16.4. The van der Waals surface area contributed by atoms with Gasteiger partial charge in [0.05, 0.1) is 5.69 Å².